The van der Waals surface area contributed by atoms with Crippen LogP contribution in [0.4, 0.5) is 0 Å². The largest absolute Gasteiger partial charge is 0.487 e. The van der Waals surface area contributed by atoms with Crippen molar-refractivity contribution in [3.8, 4) is 5.75 Å². The highest BCUT2D eigenvalue weighted by molar-refractivity contribution is 6.44. The summed E-state index contributed by atoms with van der Waals surface area (Å²) in [5, 5.41) is 4.90. The third-order valence-corrected chi connectivity index (χ3v) is 3.80. The molecule has 0 fully saturated rings. The Bertz CT molecular complexity index is 434. The Balaban J connectivity index is 2.16. The Hall–Kier alpha value is -0.150. The Morgan fingerprint density at radius 2 is 2.06 bits per heavy atom. The summed E-state index contributed by atoms with van der Waals surface area (Å²) in [6, 6.07) is 2.06. The van der Waals surface area contributed by atoms with E-state index in [1.807, 2.05) is 0 Å². The van der Waals surface area contributed by atoms with Crippen LogP contribution in [0, 0.1) is 0 Å². The van der Waals surface area contributed by atoms with Gasteiger partial charge in [0.05, 0.1) is 15.1 Å². The van der Waals surface area contributed by atoms with Crippen LogP contribution >= 0.6 is 34.8 Å². The third kappa shape index (κ3) is 2.82. The molecule has 1 unspecified atom stereocenters. The second kappa shape index (κ2) is 5.23. The molecule has 0 amide bonds. The minimum atomic E-state index is 0.0702. The van der Waals surface area contributed by atoms with Crippen LogP contribution in [-0.4, -0.2) is 18.7 Å². The molecule has 0 bridgehead atoms. The van der Waals surface area contributed by atoms with Crippen molar-refractivity contribution in [2.24, 2.45) is 0 Å². The molecule has 2 nitrogen and oxygen atoms in total. The maximum Gasteiger partial charge on any atom is 0.143 e. The van der Waals surface area contributed by atoms with Crippen LogP contribution in [0.25, 0.3) is 0 Å². The van der Waals surface area contributed by atoms with E-state index in [1.54, 1.807) is 6.07 Å². The first-order valence-corrected chi connectivity index (χ1v) is 6.68. The molecule has 1 atom stereocenters. The molecule has 17 heavy (non-hydrogen) atoms. The molecule has 94 valence electrons. The van der Waals surface area contributed by atoms with Crippen LogP contribution in [0.3, 0.4) is 0 Å². The highest BCUT2D eigenvalue weighted by Gasteiger charge is 2.28. The lowest BCUT2D eigenvalue weighted by Gasteiger charge is -2.14. The van der Waals surface area contributed by atoms with Gasteiger partial charge in [0, 0.05) is 24.6 Å². The quantitative estimate of drug-likeness (QED) is 0.852. The molecule has 5 heteroatoms. The molecular weight excluding hydrogens is 280 g/mol. The van der Waals surface area contributed by atoms with Gasteiger partial charge in [0.2, 0.25) is 0 Å². The van der Waals surface area contributed by atoms with Crippen molar-refractivity contribution in [2.75, 3.05) is 6.54 Å². The fraction of sp³-hybridized carbons (Fsp3) is 0.500. The summed E-state index contributed by atoms with van der Waals surface area (Å²) in [5.74, 6) is 0.677. The van der Waals surface area contributed by atoms with Crippen molar-refractivity contribution >= 4 is 34.8 Å². The molecule has 0 saturated heterocycles. The van der Waals surface area contributed by atoms with Crippen molar-refractivity contribution < 1.29 is 4.74 Å². The van der Waals surface area contributed by atoms with Gasteiger partial charge in [-0.3, -0.25) is 0 Å². The van der Waals surface area contributed by atoms with E-state index in [0.717, 1.165) is 18.5 Å². The first-order chi connectivity index (χ1) is 7.99. The zero-order valence-electron chi connectivity index (χ0n) is 9.69. The van der Waals surface area contributed by atoms with E-state index in [4.69, 9.17) is 39.5 Å². The SMILES string of the molecule is CC(C)NCC1Cc2c(Cl)c(Cl)cc(Cl)c2O1. The highest BCUT2D eigenvalue weighted by Crippen LogP contribution is 2.43. The molecule has 0 spiro atoms. The molecule has 1 N–H and O–H groups in total. The van der Waals surface area contributed by atoms with Crippen LogP contribution in [0.5, 0.6) is 5.75 Å². The predicted molar refractivity (Wildman–Crippen MR) is 72.7 cm³/mol. The number of fused-ring (bicyclic) bond motifs is 1. The van der Waals surface area contributed by atoms with Crippen LogP contribution in [-0.2, 0) is 6.42 Å². The Kier molecular flexibility index (Phi) is 4.09. The number of rotatable bonds is 3. The molecule has 0 aliphatic carbocycles. The Morgan fingerprint density at radius 1 is 1.35 bits per heavy atom. The second-order valence-electron chi connectivity index (χ2n) is 4.47. The van der Waals surface area contributed by atoms with E-state index in [2.05, 4.69) is 19.2 Å². The van der Waals surface area contributed by atoms with Crippen molar-refractivity contribution in [2.45, 2.75) is 32.4 Å². The van der Waals surface area contributed by atoms with Gasteiger partial charge in [-0.15, -0.1) is 0 Å². The van der Waals surface area contributed by atoms with Crippen LogP contribution in [0.2, 0.25) is 15.1 Å². The molecule has 1 aliphatic rings. The molecule has 1 aromatic rings. The van der Waals surface area contributed by atoms with Crippen molar-refractivity contribution in [1.29, 1.82) is 0 Å². The zero-order valence-corrected chi connectivity index (χ0v) is 12.0. The van der Waals surface area contributed by atoms with Gasteiger partial charge in [0.15, 0.2) is 0 Å². The number of benzene rings is 1. The van der Waals surface area contributed by atoms with Crippen LogP contribution in [0.1, 0.15) is 19.4 Å². The zero-order chi connectivity index (χ0) is 12.6. The molecule has 0 saturated carbocycles. The maximum absolute atomic E-state index is 6.15. The fourth-order valence-electron chi connectivity index (χ4n) is 1.85. The number of nitrogens with one attached hydrogen (secondary N) is 1. The van der Waals surface area contributed by atoms with Gasteiger partial charge in [-0.1, -0.05) is 48.7 Å². The molecule has 1 aromatic carbocycles. The molecular formula is C12H14Cl3NO. The van der Waals surface area contributed by atoms with Crippen molar-refractivity contribution in [1.82, 2.24) is 5.32 Å². The van der Waals surface area contributed by atoms with E-state index < -0.39 is 0 Å². The second-order valence-corrected chi connectivity index (χ2v) is 5.66. The number of hydrogen-bond acceptors (Lipinski definition) is 2. The van der Waals surface area contributed by atoms with Gasteiger partial charge in [-0.2, -0.15) is 0 Å². The molecule has 2 rings (SSSR count). The lowest BCUT2D eigenvalue weighted by molar-refractivity contribution is 0.224. The summed E-state index contributed by atoms with van der Waals surface area (Å²) < 4.78 is 5.79. The summed E-state index contributed by atoms with van der Waals surface area (Å²) in [6.45, 7) is 4.97. The van der Waals surface area contributed by atoms with Crippen LogP contribution in [0.15, 0.2) is 6.07 Å². The van der Waals surface area contributed by atoms with Gasteiger partial charge < -0.3 is 10.1 Å². The number of ether oxygens (including phenoxy) is 1. The van der Waals surface area contributed by atoms with Gasteiger partial charge in [-0.05, 0) is 6.07 Å². The summed E-state index contributed by atoms with van der Waals surface area (Å²) in [6.07, 6.45) is 0.814. The molecule has 0 aromatic heterocycles. The smallest absolute Gasteiger partial charge is 0.143 e. The lowest BCUT2D eigenvalue weighted by atomic mass is 10.1. The van der Waals surface area contributed by atoms with E-state index in [1.165, 1.54) is 0 Å². The van der Waals surface area contributed by atoms with Gasteiger partial charge in [0.1, 0.15) is 11.9 Å². The average Bonchev–Trinajstić information content (AvgIpc) is 2.68. The Labute approximate surface area is 116 Å². The normalized spacial score (nSPS) is 18.4. The highest BCUT2D eigenvalue weighted by atomic mass is 35.5. The first-order valence-electron chi connectivity index (χ1n) is 5.55. The van der Waals surface area contributed by atoms with Gasteiger partial charge >= 0.3 is 0 Å². The summed E-state index contributed by atoms with van der Waals surface area (Å²) in [5.41, 5.74) is 0.916. The number of halogens is 3. The summed E-state index contributed by atoms with van der Waals surface area (Å²) in [4.78, 5) is 0. The molecule has 0 radical (unpaired) electrons. The van der Waals surface area contributed by atoms with Crippen molar-refractivity contribution in [3.05, 3.63) is 26.7 Å². The fourth-order valence-corrected chi connectivity index (χ4v) is 2.62. The maximum atomic E-state index is 6.15. The Morgan fingerprint density at radius 3 is 2.71 bits per heavy atom. The third-order valence-electron chi connectivity index (χ3n) is 2.69. The minimum Gasteiger partial charge on any atom is -0.487 e. The monoisotopic (exact) mass is 293 g/mol. The molecule has 1 aliphatic heterocycles. The van der Waals surface area contributed by atoms with E-state index >= 15 is 0 Å². The van der Waals surface area contributed by atoms with E-state index in [-0.39, 0.29) is 6.10 Å². The standard InChI is InChI=1S/C12H14Cl3NO/c1-6(2)16-5-7-3-8-11(15)9(13)4-10(14)12(8)17-7/h4,6-7,16H,3,5H2,1-2H3. The van der Waals surface area contributed by atoms with Crippen molar-refractivity contribution in [3.63, 3.8) is 0 Å². The first kappa shape index (κ1) is 13.3. The van der Waals surface area contributed by atoms with Gasteiger partial charge in [0.25, 0.3) is 0 Å². The lowest BCUT2D eigenvalue weighted by Crippen LogP contribution is -2.34. The van der Waals surface area contributed by atoms with Crippen LogP contribution < -0.4 is 10.1 Å². The molecule has 1 heterocycles. The van der Waals surface area contributed by atoms with Gasteiger partial charge in [-0.25, -0.2) is 0 Å². The number of hydrogen-bond donors (Lipinski definition) is 1. The average molecular weight is 295 g/mol. The summed E-state index contributed by atoms with van der Waals surface area (Å²) >= 11 is 18.2. The topological polar surface area (TPSA) is 21.3 Å². The van der Waals surface area contributed by atoms with E-state index in [9.17, 15) is 0 Å². The predicted octanol–water partition coefficient (Wildman–Crippen LogP) is 3.95. The summed E-state index contributed by atoms with van der Waals surface area (Å²) in [7, 11) is 0. The minimum absolute atomic E-state index is 0.0702. The van der Waals surface area contributed by atoms with E-state index in [0.29, 0.717) is 26.9 Å².